The summed E-state index contributed by atoms with van der Waals surface area (Å²) in [4.78, 5) is 18.7. The second-order valence-corrected chi connectivity index (χ2v) is 7.84. The van der Waals surface area contributed by atoms with Gasteiger partial charge in [0.05, 0.1) is 12.0 Å². The maximum absolute atomic E-state index is 11.6. The molecule has 1 aliphatic heterocycles. The van der Waals surface area contributed by atoms with Crippen molar-refractivity contribution >= 4 is 35.8 Å². The summed E-state index contributed by atoms with van der Waals surface area (Å²) >= 11 is 0. The molecule has 0 radical (unpaired) electrons. The van der Waals surface area contributed by atoms with Gasteiger partial charge >= 0.3 is 0 Å². The van der Waals surface area contributed by atoms with E-state index >= 15 is 0 Å². The normalized spacial score (nSPS) is 20.7. The summed E-state index contributed by atoms with van der Waals surface area (Å²) in [6.07, 6.45) is 2.26. The summed E-state index contributed by atoms with van der Waals surface area (Å²) in [6, 6.07) is 10.8. The van der Waals surface area contributed by atoms with Crippen LogP contribution in [0.4, 0.5) is 0 Å². The van der Waals surface area contributed by atoms with Gasteiger partial charge in [-0.15, -0.1) is 24.0 Å². The lowest BCUT2D eigenvalue weighted by Gasteiger charge is -2.40. The highest BCUT2D eigenvalue weighted by Gasteiger charge is 2.31. The van der Waals surface area contributed by atoms with E-state index < -0.39 is 5.41 Å². The van der Waals surface area contributed by atoms with Crippen molar-refractivity contribution in [1.29, 1.82) is 0 Å². The van der Waals surface area contributed by atoms with Gasteiger partial charge in [0.1, 0.15) is 0 Å². The minimum atomic E-state index is -0.632. The van der Waals surface area contributed by atoms with E-state index in [9.17, 15) is 4.79 Å². The summed E-state index contributed by atoms with van der Waals surface area (Å²) < 4.78 is 0. The Balaban J connectivity index is 0.00000364. The molecule has 0 bridgehead atoms. The molecule has 0 saturated carbocycles. The Hall–Kier alpha value is -1.31. The summed E-state index contributed by atoms with van der Waals surface area (Å²) in [5, 5.41) is 3.39. The van der Waals surface area contributed by atoms with Crippen molar-refractivity contribution in [3.63, 3.8) is 0 Å². The molecule has 0 aliphatic carbocycles. The number of nitrogens with one attached hydrogen (secondary N) is 1. The van der Waals surface area contributed by atoms with E-state index in [1.54, 1.807) is 0 Å². The minimum Gasteiger partial charge on any atom is -0.369 e. The van der Waals surface area contributed by atoms with Gasteiger partial charge in [-0.05, 0) is 44.6 Å². The molecule has 152 valence electrons. The van der Waals surface area contributed by atoms with Crippen LogP contribution in [0.2, 0.25) is 0 Å². The smallest absolute Gasteiger partial charge is 0.224 e. The second-order valence-electron chi connectivity index (χ2n) is 7.84. The van der Waals surface area contributed by atoms with Gasteiger partial charge in [0.2, 0.25) is 5.91 Å². The maximum Gasteiger partial charge on any atom is 0.224 e. The number of nitrogens with zero attached hydrogens (tertiary/aromatic N) is 2. The van der Waals surface area contributed by atoms with Gasteiger partial charge in [-0.3, -0.25) is 9.79 Å². The quantitative estimate of drug-likeness (QED) is 0.367. The van der Waals surface area contributed by atoms with E-state index in [4.69, 9.17) is 10.7 Å². The summed E-state index contributed by atoms with van der Waals surface area (Å²) in [5.74, 6) is 1.78. The number of carbonyl (C=O) groups is 1. The Morgan fingerprint density at radius 2 is 1.96 bits per heavy atom. The molecule has 1 heterocycles. The zero-order valence-corrected chi connectivity index (χ0v) is 19.4. The van der Waals surface area contributed by atoms with Crippen molar-refractivity contribution in [3.05, 3.63) is 35.9 Å². The van der Waals surface area contributed by atoms with Crippen LogP contribution in [0.1, 0.15) is 52.0 Å². The monoisotopic (exact) mass is 486 g/mol. The number of hydrogen-bond acceptors (Lipinski definition) is 2. The molecule has 0 spiro atoms. The molecule has 1 fully saturated rings. The van der Waals surface area contributed by atoms with Crippen LogP contribution in [0, 0.1) is 11.3 Å². The van der Waals surface area contributed by atoms with Crippen molar-refractivity contribution in [2.75, 3.05) is 26.2 Å². The van der Waals surface area contributed by atoms with E-state index in [0.29, 0.717) is 18.4 Å². The number of amides is 1. The first-order valence-corrected chi connectivity index (χ1v) is 9.77. The lowest BCUT2D eigenvalue weighted by molar-refractivity contribution is -0.125. The molecule has 2 atom stereocenters. The van der Waals surface area contributed by atoms with Crippen LogP contribution < -0.4 is 11.1 Å². The molecule has 6 heteroatoms. The number of rotatable bonds is 6. The number of hydrogen-bond donors (Lipinski definition) is 2. The second kappa shape index (κ2) is 10.9. The molecule has 27 heavy (non-hydrogen) atoms. The average Bonchev–Trinajstić information content (AvgIpc) is 2.65. The lowest BCUT2D eigenvalue weighted by atomic mass is 9.79. The summed E-state index contributed by atoms with van der Waals surface area (Å²) in [7, 11) is 0. The highest BCUT2D eigenvalue weighted by atomic mass is 127. The molecule has 2 unspecified atom stereocenters. The number of aliphatic imine (C=N–C) groups is 1. The number of guanidine groups is 1. The topological polar surface area (TPSA) is 70.7 Å². The van der Waals surface area contributed by atoms with E-state index in [-0.39, 0.29) is 29.9 Å². The fourth-order valence-corrected chi connectivity index (χ4v) is 3.55. The summed E-state index contributed by atoms with van der Waals surface area (Å²) in [6.45, 7) is 11.2. The van der Waals surface area contributed by atoms with Crippen molar-refractivity contribution in [1.82, 2.24) is 10.2 Å². The molecule has 1 aromatic rings. The van der Waals surface area contributed by atoms with Crippen molar-refractivity contribution < 1.29 is 4.79 Å². The van der Waals surface area contributed by atoms with Gasteiger partial charge in [-0.1, -0.05) is 43.7 Å². The highest BCUT2D eigenvalue weighted by molar-refractivity contribution is 14.0. The largest absolute Gasteiger partial charge is 0.369 e. The molecule has 5 nitrogen and oxygen atoms in total. The highest BCUT2D eigenvalue weighted by Crippen LogP contribution is 2.34. The predicted molar refractivity (Wildman–Crippen MR) is 124 cm³/mol. The maximum atomic E-state index is 11.6. The molecule has 1 saturated heterocycles. The van der Waals surface area contributed by atoms with Crippen LogP contribution >= 0.6 is 24.0 Å². The van der Waals surface area contributed by atoms with Crippen LogP contribution in [0.5, 0.6) is 0 Å². The Morgan fingerprint density at radius 3 is 2.52 bits per heavy atom. The lowest BCUT2D eigenvalue weighted by Crippen LogP contribution is -2.49. The number of primary amides is 1. The number of likely N-dealkylation sites (tertiary alicyclic amines) is 1. The average molecular weight is 486 g/mol. The third-order valence-corrected chi connectivity index (χ3v) is 5.41. The Labute approximate surface area is 181 Å². The fourth-order valence-electron chi connectivity index (χ4n) is 3.55. The van der Waals surface area contributed by atoms with E-state index in [1.807, 2.05) is 13.8 Å². The van der Waals surface area contributed by atoms with Gasteiger partial charge in [-0.25, -0.2) is 0 Å². The van der Waals surface area contributed by atoms with Gasteiger partial charge in [0.15, 0.2) is 5.96 Å². The van der Waals surface area contributed by atoms with Gasteiger partial charge in [0.25, 0.3) is 0 Å². The van der Waals surface area contributed by atoms with Gasteiger partial charge in [-0.2, -0.15) is 0 Å². The van der Waals surface area contributed by atoms with Gasteiger partial charge < -0.3 is 16.0 Å². The number of nitrogens with two attached hydrogens (primary N) is 1. The third kappa shape index (κ3) is 6.36. The van der Waals surface area contributed by atoms with Crippen LogP contribution in [0.3, 0.4) is 0 Å². The van der Waals surface area contributed by atoms with Crippen molar-refractivity contribution in [2.45, 2.75) is 46.5 Å². The van der Waals surface area contributed by atoms with E-state index in [0.717, 1.165) is 38.4 Å². The number of piperidine rings is 1. The van der Waals surface area contributed by atoms with Crippen molar-refractivity contribution in [2.24, 2.45) is 22.1 Å². The molecular formula is C21H35IN4O. The fraction of sp³-hybridized carbons (Fsp3) is 0.619. The number of carbonyl (C=O) groups excluding carboxylic acids is 1. The molecule has 0 aromatic heterocycles. The molecule has 1 aromatic carbocycles. The van der Waals surface area contributed by atoms with E-state index in [2.05, 4.69) is 54.4 Å². The standard InChI is InChI=1S/C21H34N4O.HI/c1-5-16-14-25(13-12-18(16)17-10-8-7-9-11-17)20(23-6-2)24-15-21(3,4)19(22)26;/h7-11,16,18H,5-6,12-15H2,1-4H3,(H2,22,26)(H,23,24);1H. The zero-order chi connectivity index (χ0) is 19.2. The Kier molecular flexibility index (Phi) is 9.56. The molecule has 3 N–H and O–H groups in total. The third-order valence-electron chi connectivity index (χ3n) is 5.41. The molecule has 2 rings (SSSR count). The Bertz CT molecular complexity index is 618. The van der Waals surface area contributed by atoms with Crippen molar-refractivity contribution in [3.8, 4) is 0 Å². The SMILES string of the molecule is CCNC(=NCC(C)(C)C(N)=O)N1CCC(c2ccccc2)C(CC)C1.I. The van der Waals surface area contributed by atoms with Crippen LogP contribution in [0.15, 0.2) is 35.3 Å². The van der Waals surface area contributed by atoms with E-state index in [1.165, 1.54) is 5.56 Å². The number of halogens is 1. The van der Waals surface area contributed by atoms with Gasteiger partial charge in [0, 0.05) is 19.6 Å². The molecular weight excluding hydrogens is 451 g/mol. The number of benzene rings is 1. The zero-order valence-electron chi connectivity index (χ0n) is 17.1. The van der Waals surface area contributed by atoms with Crippen LogP contribution in [0.25, 0.3) is 0 Å². The van der Waals surface area contributed by atoms with Crippen LogP contribution in [-0.2, 0) is 4.79 Å². The van der Waals surface area contributed by atoms with Crippen LogP contribution in [-0.4, -0.2) is 42.9 Å². The predicted octanol–water partition coefficient (Wildman–Crippen LogP) is 3.60. The first-order chi connectivity index (χ1) is 12.4. The molecule has 1 aliphatic rings. The first kappa shape index (κ1) is 23.7. The Morgan fingerprint density at radius 1 is 1.30 bits per heavy atom. The summed E-state index contributed by atoms with van der Waals surface area (Å²) in [5.41, 5.74) is 6.30. The minimum absolute atomic E-state index is 0. The molecule has 1 amide bonds. The first-order valence-electron chi connectivity index (χ1n) is 9.77.